The molecule has 3 heterocycles. The van der Waals surface area contributed by atoms with Crippen LogP contribution in [0.3, 0.4) is 0 Å². The van der Waals surface area contributed by atoms with E-state index in [0.29, 0.717) is 19.6 Å². The van der Waals surface area contributed by atoms with Gasteiger partial charge >= 0.3 is 6.09 Å². The second-order valence-corrected chi connectivity index (χ2v) is 11.3. The van der Waals surface area contributed by atoms with Crippen LogP contribution in [0.15, 0.2) is 46.2 Å². The molecule has 1 unspecified atom stereocenters. The predicted molar refractivity (Wildman–Crippen MR) is 129 cm³/mol. The first kappa shape index (κ1) is 23.9. The molecule has 1 fully saturated rings. The van der Waals surface area contributed by atoms with E-state index in [1.165, 1.54) is 11.8 Å². The second kappa shape index (κ2) is 10.7. The minimum Gasteiger partial charge on any atom is -0.444 e. The van der Waals surface area contributed by atoms with E-state index in [9.17, 15) is 9.59 Å². The normalized spacial score (nSPS) is 16.1. The molecule has 3 rings (SSSR count). The molecule has 0 bridgehead atoms. The summed E-state index contributed by atoms with van der Waals surface area (Å²) in [4.78, 5) is 34.4. The molecule has 0 spiro atoms. The number of ether oxygens (including phenoxy) is 1. The summed E-state index contributed by atoms with van der Waals surface area (Å²) in [6.07, 6.45) is 4.57. The van der Waals surface area contributed by atoms with Crippen LogP contribution in [-0.4, -0.2) is 56.1 Å². The van der Waals surface area contributed by atoms with Crippen LogP contribution in [0, 0.1) is 0 Å². The third-order valence-electron chi connectivity index (χ3n) is 4.88. The van der Waals surface area contributed by atoms with E-state index < -0.39 is 10.2 Å². The van der Waals surface area contributed by atoms with Gasteiger partial charge in [0.05, 0.1) is 0 Å². The molecule has 0 aromatic carbocycles. The van der Waals surface area contributed by atoms with Crippen LogP contribution in [0.2, 0.25) is 0 Å². The zero-order valence-electron chi connectivity index (χ0n) is 18.1. The van der Waals surface area contributed by atoms with Crippen molar-refractivity contribution in [3.05, 3.63) is 46.9 Å². The quantitative estimate of drug-likeness (QED) is 0.362. The highest BCUT2D eigenvalue weighted by atomic mass is 32.2. The van der Waals surface area contributed by atoms with E-state index in [2.05, 4.69) is 23.0 Å². The lowest BCUT2D eigenvalue weighted by Crippen LogP contribution is -2.50. The summed E-state index contributed by atoms with van der Waals surface area (Å²) in [6.45, 7) is 7.29. The maximum absolute atomic E-state index is 13.4. The topological polar surface area (TPSA) is 62.7 Å². The zero-order chi connectivity index (χ0) is 22.4. The molecule has 1 aliphatic heterocycles. The van der Waals surface area contributed by atoms with Gasteiger partial charge in [0.2, 0.25) is 5.91 Å². The third-order valence-corrected chi connectivity index (χ3v) is 7.12. The second-order valence-electron chi connectivity index (χ2n) is 8.45. The summed E-state index contributed by atoms with van der Waals surface area (Å²) in [5.74, 6) is -0.00735. The van der Waals surface area contributed by atoms with Crippen LogP contribution in [0.5, 0.6) is 0 Å². The molecule has 1 aliphatic rings. The van der Waals surface area contributed by atoms with Gasteiger partial charge in [0.25, 0.3) is 0 Å². The molecule has 2 aromatic rings. The standard InChI is InChI=1S/C22H29N3O3S3/c1-22(2,3)28-21(27)24-11-6-17(7-12-24)25(14-16-8-13-30-15-16)19(26)20(29)31-18-4-9-23-10-5-18/h4-5,8-10,13,15,17,20,29H,6-7,11-12,14H2,1-3H3. The SMILES string of the molecule is CC(C)(C)OC(=O)N1CCC(N(Cc2ccsc2)C(=O)C(S)Sc2ccncc2)CC1. The van der Waals surface area contributed by atoms with Gasteiger partial charge in [-0.1, -0.05) is 0 Å². The fourth-order valence-electron chi connectivity index (χ4n) is 3.39. The number of thioether (sulfide) groups is 1. The molecular weight excluding hydrogens is 450 g/mol. The Morgan fingerprint density at radius 1 is 1.29 bits per heavy atom. The van der Waals surface area contributed by atoms with Crippen LogP contribution in [0.25, 0.3) is 0 Å². The maximum atomic E-state index is 13.4. The average molecular weight is 480 g/mol. The fraction of sp³-hybridized carbons (Fsp3) is 0.500. The molecule has 0 radical (unpaired) electrons. The molecule has 0 saturated carbocycles. The van der Waals surface area contributed by atoms with E-state index in [1.807, 2.05) is 49.3 Å². The molecule has 31 heavy (non-hydrogen) atoms. The van der Waals surface area contributed by atoms with Crippen molar-refractivity contribution in [2.75, 3.05) is 13.1 Å². The van der Waals surface area contributed by atoms with Crippen molar-refractivity contribution in [1.29, 1.82) is 0 Å². The highest BCUT2D eigenvalue weighted by Crippen LogP contribution is 2.30. The minimum atomic E-state index is -0.516. The van der Waals surface area contributed by atoms with Crippen LogP contribution in [0.1, 0.15) is 39.2 Å². The number of carbonyl (C=O) groups excluding carboxylic acids is 2. The van der Waals surface area contributed by atoms with Crippen LogP contribution in [0.4, 0.5) is 4.79 Å². The van der Waals surface area contributed by atoms with Crippen molar-refractivity contribution in [1.82, 2.24) is 14.8 Å². The number of pyridine rings is 1. The van der Waals surface area contributed by atoms with Gasteiger partial charge in [-0.05, 0) is 68.1 Å². The Bertz CT molecular complexity index is 848. The Labute approximate surface area is 197 Å². The molecule has 6 nitrogen and oxygen atoms in total. The summed E-state index contributed by atoms with van der Waals surface area (Å²) in [7, 11) is 0. The van der Waals surface area contributed by atoms with Crippen molar-refractivity contribution in [2.24, 2.45) is 0 Å². The van der Waals surface area contributed by atoms with Crippen molar-refractivity contribution in [3.8, 4) is 0 Å². The van der Waals surface area contributed by atoms with Crippen molar-refractivity contribution < 1.29 is 14.3 Å². The Hall–Kier alpha value is -1.71. The van der Waals surface area contributed by atoms with Gasteiger partial charge in [0.15, 0.2) is 0 Å². The molecule has 1 atom stereocenters. The molecule has 2 amide bonds. The summed E-state index contributed by atoms with van der Waals surface area (Å²) in [5.41, 5.74) is 0.598. The summed E-state index contributed by atoms with van der Waals surface area (Å²) in [6, 6.07) is 5.86. The largest absolute Gasteiger partial charge is 0.444 e. The van der Waals surface area contributed by atoms with E-state index in [0.717, 1.165) is 23.3 Å². The lowest BCUT2D eigenvalue weighted by Gasteiger charge is -2.39. The van der Waals surface area contributed by atoms with Crippen molar-refractivity contribution in [3.63, 3.8) is 0 Å². The number of piperidine rings is 1. The summed E-state index contributed by atoms with van der Waals surface area (Å²) < 4.78 is 4.99. The lowest BCUT2D eigenvalue weighted by molar-refractivity contribution is -0.133. The first-order chi connectivity index (χ1) is 14.7. The number of aromatic nitrogens is 1. The number of thiol groups is 1. The number of nitrogens with zero attached hydrogens (tertiary/aromatic N) is 3. The Morgan fingerprint density at radius 3 is 2.55 bits per heavy atom. The molecule has 9 heteroatoms. The Balaban J connectivity index is 1.66. The van der Waals surface area contributed by atoms with E-state index in [1.54, 1.807) is 28.6 Å². The zero-order valence-corrected chi connectivity index (χ0v) is 20.6. The number of likely N-dealkylation sites (tertiary alicyclic amines) is 1. The van der Waals surface area contributed by atoms with Gasteiger partial charge in [0.1, 0.15) is 10.2 Å². The molecule has 0 aliphatic carbocycles. The third kappa shape index (κ3) is 7.15. The maximum Gasteiger partial charge on any atom is 0.410 e. The monoisotopic (exact) mass is 479 g/mol. The molecular formula is C22H29N3O3S3. The number of hydrogen-bond donors (Lipinski definition) is 1. The van der Waals surface area contributed by atoms with Gasteiger partial charge < -0.3 is 14.5 Å². The van der Waals surface area contributed by atoms with Gasteiger partial charge in [-0.15, -0.1) is 11.8 Å². The van der Waals surface area contributed by atoms with Crippen molar-refractivity contribution in [2.45, 2.75) is 61.3 Å². The number of rotatable bonds is 6. The van der Waals surface area contributed by atoms with E-state index in [-0.39, 0.29) is 18.0 Å². The number of carbonyl (C=O) groups is 2. The van der Waals surface area contributed by atoms with E-state index in [4.69, 9.17) is 4.74 Å². The minimum absolute atomic E-state index is 0.00735. The van der Waals surface area contributed by atoms with Crippen LogP contribution >= 0.6 is 35.7 Å². The van der Waals surface area contributed by atoms with Gasteiger partial charge in [-0.3, -0.25) is 9.78 Å². The first-order valence-corrected chi connectivity index (χ1v) is 12.6. The number of hydrogen-bond acceptors (Lipinski definition) is 7. The molecule has 168 valence electrons. The Kier molecular flexibility index (Phi) is 8.30. The Morgan fingerprint density at radius 2 is 1.97 bits per heavy atom. The average Bonchev–Trinajstić information content (AvgIpc) is 3.24. The summed E-state index contributed by atoms with van der Waals surface area (Å²) >= 11 is 7.65. The lowest BCUT2D eigenvalue weighted by atomic mass is 10.0. The van der Waals surface area contributed by atoms with Crippen LogP contribution in [-0.2, 0) is 16.1 Å². The van der Waals surface area contributed by atoms with Gasteiger partial charge in [-0.25, -0.2) is 4.79 Å². The highest BCUT2D eigenvalue weighted by Gasteiger charge is 2.33. The number of amides is 2. The smallest absolute Gasteiger partial charge is 0.410 e. The fourth-order valence-corrected chi connectivity index (χ4v) is 5.34. The van der Waals surface area contributed by atoms with E-state index >= 15 is 0 Å². The molecule has 1 saturated heterocycles. The molecule has 0 N–H and O–H groups in total. The first-order valence-electron chi connectivity index (χ1n) is 10.3. The highest BCUT2D eigenvalue weighted by molar-refractivity contribution is 8.11. The van der Waals surface area contributed by atoms with Gasteiger partial charge in [-0.2, -0.15) is 24.0 Å². The number of thiophene rings is 1. The summed E-state index contributed by atoms with van der Waals surface area (Å²) in [5, 5.41) is 4.09. The van der Waals surface area contributed by atoms with Crippen LogP contribution < -0.4 is 0 Å². The van der Waals surface area contributed by atoms with Crippen molar-refractivity contribution >= 4 is 47.7 Å². The predicted octanol–water partition coefficient (Wildman–Crippen LogP) is 4.92. The molecule has 2 aromatic heterocycles. The van der Waals surface area contributed by atoms with Gasteiger partial charge in [0, 0.05) is 43.0 Å².